The molecule has 0 saturated heterocycles. The number of carbonyl (C=O) groups excluding carboxylic acids is 2. The molecule has 7 heteroatoms. The zero-order valence-corrected chi connectivity index (χ0v) is 12.7. The van der Waals surface area contributed by atoms with E-state index in [4.69, 9.17) is 18.0 Å². The molecule has 21 heavy (non-hydrogen) atoms. The number of hydrogen-bond donors (Lipinski definition) is 2. The maximum atomic E-state index is 13.5. The largest absolute Gasteiger partial charge is 0.354 e. The fourth-order valence-electron chi connectivity index (χ4n) is 1.38. The minimum absolute atomic E-state index is 0.160. The summed E-state index contributed by atoms with van der Waals surface area (Å²) in [6.07, 6.45) is 4.84. The van der Waals surface area contributed by atoms with E-state index in [1.165, 1.54) is 17.8 Å². The number of hydrogen-bond acceptors (Lipinski definition) is 3. The molecule has 0 aliphatic rings. The number of nitrogens with one attached hydrogen (secondary N) is 2. The number of halogens is 2. The Morgan fingerprint density at radius 2 is 2.14 bits per heavy atom. The second-order valence-corrected chi connectivity index (χ2v) is 5.44. The van der Waals surface area contributed by atoms with Crippen LogP contribution in [0.3, 0.4) is 0 Å². The van der Waals surface area contributed by atoms with Gasteiger partial charge in [-0.1, -0.05) is 17.7 Å². The molecule has 0 fully saturated rings. The number of thioether (sulfide) groups is 1. The van der Waals surface area contributed by atoms with Crippen molar-refractivity contribution in [2.45, 2.75) is 5.75 Å². The molecule has 2 amide bonds. The Hall–Kier alpha value is -1.71. The van der Waals surface area contributed by atoms with Crippen LogP contribution in [-0.4, -0.2) is 30.7 Å². The van der Waals surface area contributed by atoms with Crippen molar-refractivity contribution in [3.8, 4) is 12.3 Å². The lowest BCUT2D eigenvalue weighted by atomic mass is 10.2. The molecule has 1 rings (SSSR count). The van der Waals surface area contributed by atoms with E-state index < -0.39 is 5.91 Å². The minimum Gasteiger partial charge on any atom is -0.354 e. The third kappa shape index (κ3) is 6.52. The van der Waals surface area contributed by atoms with Gasteiger partial charge in [-0.3, -0.25) is 9.59 Å². The molecule has 2 N–H and O–H groups in total. The Morgan fingerprint density at radius 3 is 2.81 bits per heavy atom. The van der Waals surface area contributed by atoms with Crippen molar-refractivity contribution in [1.82, 2.24) is 10.6 Å². The van der Waals surface area contributed by atoms with Crippen LogP contribution in [0.5, 0.6) is 0 Å². The molecular formula is C14H14ClFN2O2S. The van der Waals surface area contributed by atoms with Crippen LogP contribution in [0.4, 0.5) is 4.39 Å². The van der Waals surface area contributed by atoms with E-state index in [1.54, 1.807) is 12.1 Å². The van der Waals surface area contributed by atoms with Gasteiger partial charge in [-0.15, -0.1) is 6.42 Å². The first kappa shape index (κ1) is 17.3. The van der Waals surface area contributed by atoms with E-state index in [-0.39, 0.29) is 18.3 Å². The van der Waals surface area contributed by atoms with E-state index in [0.29, 0.717) is 28.6 Å². The van der Waals surface area contributed by atoms with Crippen molar-refractivity contribution in [2.75, 3.05) is 18.8 Å². The second kappa shape index (κ2) is 9.27. The molecule has 1 aromatic rings. The van der Waals surface area contributed by atoms with Crippen LogP contribution < -0.4 is 10.6 Å². The smallest absolute Gasteiger partial charge is 0.296 e. The third-order valence-electron chi connectivity index (χ3n) is 2.42. The number of amides is 2. The van der Waals surface area contributed by atoms with E-state index in [9.17, 15) is 14.0 Å². The molecule has 0 aliphatic heterocycles. The van der Waals surface area contributed by atoms with Gasteiger partial charge < -0.3 is 10.6 Å². The van der Waals surface area contributed by atoms with Gasteiger partial charge >= 0.3 is 0 Å². The Morgan fingerprint density at radius 1 is 1.38 bits per heavy atom. The summed E-state index contributed by atoms with van der Waals surface area (Å²) in [4.78, 5) is 22.1. The van der Waals surface area contributed by atoms with Gasteiger partial charge in [0, 0.05) is 28.6 Å². The Labute approximate surface area is 131 Å². The van der Waals surface area contributed by atoms with E-state index in [0.717, 1.165) is 0 Å². The van der Waals surface area contributed by atoms with E-state index in [1.807, 2.05) is 5.92 Å². The highest BCUT2D eigenvalue weighted by Gasteiger charge is 2.07. The maximum absolute atomic E-state index is 13.5. The van der Waals surface area contributed by atoms with E-state index >= 15 is 0 Å². The molecule has 112 valence electrons. The summed E-state index contributed by atoms with van der Waals surface area (Å²) in [6, 6.07) is 4.55. The highest BCUT2D eigenvalue weighted by molar-refractivity contribution is 7.98. The molecule has 0 saturated carbocycles. The summed E-state index contributed by atoms with van der Waals surface area (Å²) in [5, 5.41) is 5.25. The van der Waals surface area contributed by atoms with Gasteiger partial charge in [0.15, 0.2) is 0 Å². The van der Waals surface area contributed by atoms with Crippen molar-refractivity contribution < 1.29 is 14.0 Å². The fraction of sp³-hybridized carbons (Fsp3) is 0.286. The molecule has 0 aromatic heterocycles. The topological polar surface area (TPSA) is 58.2 Å². The van der Waals surface area contributed by atoms with Crippen LogP contribution in [0.15, 0.2) is 18.2 Å². The third-order valence-corrected chi connectivity index (χ3v) is 3.76. The summed E-state index contributed by atoms with van der Waals surface area (Å²) in [7, 11) is 0. The molecule has 0 aliphatic carbocycles. The lowest BCUT2D eigenvalue weighted by Gasteiger charge is -2.07. The molecule has 0 spiro atoms. The van der Waals surface area contributed by atoms with Crippen LogP contribution in [0.25, 0.3) is 0 Å². The van der Waals surface area contributed by atoms with Crippen LogP contribution in [0.1, 0.15) is 5.56 Å². The number of carbonyl (C=O) groups is 2. The van der Waals surface area contributed by atoms with Gasteiger partial charge in [-0.2, -0.15) is 11.8 Å². The quantitative estimate of drug-likeness (QED) is 0.590. The average molecular weight is 329 g/mol. The molecule has 4 nitrogen and oxygen atoms in total. The Balaban J connectivity index is 2.19. The molecule has 0 atom stereocenters. The van der Waals surface area contributed by atoms with Crippen molar-refractivity contribution in [3.63, 3.8) is 0 Å². The fourth-order valence-corrected chi connectivity index (χ4v) is 2.58. The normalized spacial score (nSPS) is 9.76. The molecule has 0 heterocycles. The predicted molar refractivity (Wildman–Crippen MR) is 82.4 cm³/mol. The van der Waals surface area contributed by atoms with Gasteiger partial charge in [0.1, 0.15) is 5.82 Å². The summed E-state index contributed by atoms with van der Waals surface area (Å²) in [5.41, 5.74) is 0.455. The number of terminal acetylenes is 1. The zero-order chi connectivity index (χ0) is 15.7. The first-order chi connectivity index (χ1) is 10.0. The lowest BCUT2D eigenvalue weighted by Crippen LogP contribution is -2.37. The van der Waals surface area contributed by atoms with Crippen LogP contribution in [0.2, 0.25) is 5.02 Å². The van der Waals surface area contributed by atoms with Gasteiger partial charge in [0.05, 0.1) is 6.54 Å². The molecule has 1 aromatic carbocycles. The Bertz CT molecular complexity index is 540. The molecule has 0 radical (unpaired) electrons. The molecule has 0 bridgehead atoms. The van der Waals surface area contributed by atoms with Gasteiger partial charge in [-0.05, 0) is 18.1 Å². The molecule has 0 unspecified atom stereocenters. The average Bonchev–Trinajstić information content (AvgIpc) is 2.47. The first-order valence-corrected chi connectivity index (χ1v) is 7.59. The monoisotopic (exact) mass is 328 g/mol. The summed E-state index contributed by atoms with van der Waals surface area (Å²) in [5.74, 6) is 1.57. The SMILES string of the molecule is C#CC(=O)NCC(=O)NCCSCc1c(F)cccc1Cl. The van der Waals surface area contributed by atoms with Crippen molar-refractivity contribution >= 4 is 35.2 Å². The van der Waals surface area contributed by atoms with E-state index in [2.05, 4.69) is 10.6 Å². The minimum atomic E-state index is -0.631. The second-order valence-electron chi connectivity index (χ2n) is 3.93. The Kier molecular flexibility index (Phi) is 7.65. The standard InChI is InChI=1S/C14H14ClFN2O2S/c1-2-13(19)18-8-14(20)17-6-7-21-9-10-11(15)4-3-5-12(10)16/h1,3-5H,6-9H2,(H,17,20)(H,18,19). The van der Waals surface area contributed by atoms with Crippen LogP contribution in [-0.2, 0) is 15.3 Å². The highest BCUT2D eigenvalue weighted by atomic mass is 35.5. The summed E-state index contributed by atoms with van der Waals surface area (Å²) < 4.78 is 13.5. The first-order valence-electron chi connectivity index (χ1n) is 6.06. The summed E-state index contributed by atoms with van der Waals surface area (Å²) in [6.45, 7) is 0.244. The zero-order valence-electron chi connectivity index (χ0n) is 11.1. The van der Waals surface area contributed by atoms with Crippen LogP contribution >= 0.6 is 23.4 Å². The lowest BCUT2D eigenvalue weighted by molar-refractivity contribution is -0.123. The highest BCUT2D eigenvalue weighted by Crippen LogP contribution is 2.23. The van der Waals surface area contributed by atoms with Crippen molar-refractivity contribution in [1.29, 1.82) is 0 Å². The number of benzene rings is 1. The van der Waals surface area contributed by atoms with Crippen molar-refractivity contribution in [3.05, 3.63) is 34.6 Å². The molecular weight excluding hydrogens is 315 g/mol. The van der Waals surface area contributed by atoms with Gasteiger partial charge in [-0.25, -0.2) is 4.39 Å². The summed E-state index contributed by atoms with van der Waals surface area (Å²) >= 11 is 7.34. The maximum Gasteiger partial charge on any atom is 0.296 e. The number of rotatable bonds is 7. The predicted octanol–water partition coefficient (Wildman–Crippen LogP) is 1.58. The van der Waals surface area contributed by atoms with Gasteiger partial charge in [0.2, 0.25) is 5.91 Å². The van der Waals surface area contributed by atoms with Gasteiger partial charge in [0.25, 0.3) is 5.91 Å². The van der Waals surface area contributed by atoms with Crippen molar-refractivity contribution in [2.24, 2.45) is 0 Å². The van der Waals surface area contributed by atoms with Crippen LogP contribution in [0, 0.1) is 18.2 Å².